The van der Waals surface area contributed by atoms with E-state index in [0.717, 1.165) is 4.57 Å². The van der Waals surface area contributed by atoms with Gasteiger partial charge < -0.3 is 15.5 Å². The number of aliphatic carboxylic acids is 1. The molecule has 0 radical (unpaired) electrons. The molecule has 1 atom stereocenters. The highest BCUT2D eigenvalue weighted by Gasteiger charge is 2.22. The van der Waals surface area contributed by atoms with Crippen LogP contribution in [0.15, 0.2) is 24.4 Å². The molecule has 8 heteroatoms. The van der Waals surface area contributed by atoms with Crippen LogP contribution >= 0.6 is 11.6 Å². The third-order valence-corrected chi connectivity index (χ3v) is 3.39. The highest BCUT2D eigenvalue weighted by atomic mass is 35.5. The lowest BCUT2D eigenvalue weighted by Crippen LogP contribution is -2.41. The van der Waals surface area contributed by atoms with Crippen LogP contribution in [0.4, 0.5) is 4.79 Å². The van der Waals surface area contributed by atoms with Gasteiger partial charge in [-0.05, 0) is 23.8 Å². The summed E-state index contributed by atoms with van der Waals surface area (Å²) >= 11 is 5.92. The number of carbonyl (C=O) groups is 3. The van der Waals surface area contributed by atoms with Gasteiger partial charge in [0.1, 0.15) is 6.04 Å². The zero-order valence-electron chi connectivity index (χ0n) is 11.5. The minimum Gasteiger partial charge on any atom is -0.480 e. The molecule has 2 rings (SSSR count). The van der Waals surface area contributed by atoms with E-state index >= 15 is 0 Å². The number of nitrogens with zero attached hydrogens (tertiary/aromatic N) is 1. The van der Waals surface area contributed by atoms with E-state index in [-0.39, 0.29) is 6.42 Å². The predicted molar refractivity (Wildman–Crippen MR) is 79.3 cm³/mol. The van der Waals surface area contributed by atoms with Gasteiger partial charge in [-0.25, -0.2) is 9.59 Å². The van der Waals surface area contributed by atoms with Gasteiger partial charge in [-0.1, -0.05) is 11.6 Å². The maximum Gasteiger partial charge on any atom is 0.416 e. The lowest BCUT2D eigenvalue weighted by Gasteiger charge is -2.12. The first kappa shape index (κ1) is 15.8. The number of aromatic nitrogens is 1. The number of benzene rings is 1. The number of hydrogen-bond donors (Lipinski definition) is 3. The highest BCUT2D eigenvalue weighted by molar-refractivity contribution is 6.31. The van der Waals surface area contributed by atoms with Gasteiger partial charge >= 0.3 is 12.1 Å². The molecule has 0 spiro atoms. The molecule has 116 valence electrons. The van der Waals surface area contributed by atoms with Crippen molar-refractivity contribution in [1.82, 2.24) is 9.88 Å². The molecule has 1 aromatic heterocycles. The Hall–Kier alpha value is -2.54. The molecule has 1 heterocycles. The second-order valence-electron chi connectivity index (χ2n) is 4.76. The van der Waals surface area contributed by atoms with E-state index in [1.807, 2.05) is 0 Å². The van der Waals surface area contributed by atoms with Crippen molar-refractivity contribution in [2.45, 2.75) is 19.4 Å². The van der Waals surface area contributed by atoms with Crippen LogP contribution in [-0.4, -0.2) is 38.8 Å². The number of nitrogens with one attached hydrogen (secondary N) is 1. The van der Waals surface area contributed by atoms with Gasteiger partial charge in [0.2, 0.25) is 5.91 Å². The minimum atomic E-state index is -1.20. The van der Waals surface area contributed by atoms with Crippen molar-refractivity contribution in [2.24, 2.45) is 0 Å². The molecule has 2 aromatic rings. The van der Waals surface area contributed by atoms with Crippen molar-refractivity contribution >= 4 is 40.5 Å². The van der Waals surface area contributed by atoms with Gasteiger partial charge in [0.25, 0.3) is 0 Å². The Morgan fingerprint density at radius 3 is 2.55 bits per heavy atom. The molecule has 0 bridgehead atoms. The zero-order chi connectivity index (χ0) is 16.4. The van der Waals surface area contributed by atoms with Crippen molar-refractivity contribution in [3.05, 3.63) is 35.0 Å². The van der Waals surface area contributed by atoms with Crippen molar-refractivity contribution in [2.75, 3.05) is 0 Å². The number of halogens is 1. The zero-order valence-corrected chi connectivity index (χ0v) is 12.3. The van der Waals surface area contributed by atoms with Crippen LogP contribution < -0.4 is 5.32 Å². The van der Waals surface area contributed by atoms with Gasteiger partial charge in [0, 0.05) is 30.0 Å². The number of amides is 1. The lowest BCUT2D eigenvalue weighted by atomic mass is 10.1. The van der Waals surface area contributed by atoms with Crippen molar-refractivity contribution in [1.29, 1.82) is 0 Å². The fraction of sp³-hybridized carbons (Fsp3) is 0.214. The molecular weight excluding hydrogens is 312 g/mol. The van der Waals surface area contributed by atoms with Gasteiger partial charge in [0.05, 0.1) is 5.52 Å². The smallest absolute Gasteiger partial charge is 0.416 e. The van der Waals surface area contributed by atoms with Crippen LogP contribution in [0.5, 0.6) is 0 Å². The molecule has 3 N–H and O–H groups in total. The molecule has 0 aliphatic rings. The van der Waals surface area contributed by atoms with Crippen molar-refractivity contribution in [3.8, 4) is 0 Å². The lowest BCUT2D eigenvalue weighted by molar-refractivity contribution is -0.141. The second kappa shape index (κ2) is 6.07. The summed E-state index contributed by atoms with van der Waals surface area (Å²) in [5.74, 6) is -1.68. The summed E-state index contributed by atoms with van der Waals surface area (Å²) in [6.07, 6.45) is 0.0950. The van der Waals surface area contributed by atoms with Crippen LogP contribution in [0, 0.1) is 0 Å². The fourth-order valence-electron chi connectivity index (χ4n) is 2.26. The molecule has 0 aliphatic heterocycles. The first-order valence-electron chi connectivity index (χ1n) is 6.32. The Bertz CT molecular complexity index is 768. The molecule has 0 saturated heterocycles. The van der Waals surface area contributed by atoms with E-state index < -0.39 is 24.0 Å². The first-order valence-corrected chi connectivity index (χ1v) is 6.70. The molecule has 1 aromatic carbocycles. The van der Waals surface area contributed by atoms with Crippen LogP contribution in [0.1, 0.15) is 12.5 Å². The number of rotatable bonds is 4. The quantitative estimate of drug-likeness (QED) is 0.796. The SMILES string of the molecule is CC(=O)NC(Cc1cn(C(=O)O)c2ccc(Cl)cc12)C(=O)O. The van der Waals surface area contributed by atoms with E-state index in [1.54, 1.807) is 18.2 Å². The van der Waals surface area contributed by atoms with Crippen LogP contribution in [0.2, 0.25) is 5.02 Å². The third kappa shape index (κ3) is 3.20. The van der Waals surface area contributed by atoms with Gasteiger partial charge in [-0.2, -0.15) is 0 Å². The summed E-state index contributed by atoms with van der Waals surface area (Å²) < 4.78 is 0.994. The molecule has 1 amide bonds. The molecule has 7 nitrogen and oxygen atoms in total. The Morgan fingerprint density at radius 1 is 1.32 bits per heavy atom. The molecule has 22 heavy (non-hydrogen) atoms. The standard InChI is InChI=1S/C14H13ClN2O5/c1-7(18)16-11(13(19)20)4-8-6-17(14(21)22)12-3-2-9(15)5-10(8)12/h2-3,5-6,11H,4H2,1H3,(H,16,18)(H,19,20)(H,21,22). The summed E-state index contributed by atoms with van der Waals surface area (Å²) in [6.45, 7) is 1.22. The van der Waals surface area contributed by atoms with E-state index in [1.165, 1.54) is 13.1 Å². The molecular formula is C14H13ClN2O5. The van der Waals surface area contributed by atoms with E-state index in [4.69, 9.17) is 16.7 Å². The summed E-state index contributed by atoms with van der Waals surface area (Å²) in [6, 6.07) is 3.52. The summed E-state index contributed by atoms with van der Waals surface area (Å²) in [5, 5.41) is 21.6. The summed E-state index contributed by atoms with van der Waals surface area (Å²) in [5.41, 5.74) is 0.875. The van der Waals surface area contributed by atoms with E-state index in [0.29, 0.717) is 21.5 Å². The Kier molecular flexibility index (Phi) is 4.37. The van der Waals surface area contributed by atoms with Crippen LogP contribution in [0.3, 0.4) is 0 Å². The van der Waals surface area contributed by atoms with Crippen LogP contribution in [0.25, 0.3) is 10.9 Å². The maximum absolute atomic E-state index is 11.3. The topological polar surface area (TPSA) is 109 Å². The van der Waals surface area contributed by atoms with E-state index in [9.17, 15) is 19.5 Å². The second-order valence-corrected chi connectivity index (χ2v) is 5.20. The Balaban J connectivity index is 2.50. The monoisotopic (exact) mass is 324 g/mol. The highest BCUT2D eigenvalue weighted by Crippen LogP contribution is 2.26. The van der Waals surface area contributed by atoms with Crippen LogP contribution in [-0.2, 0) is 16.0 Å². The Labute approximate surface area is 130 Å². The van der Waals surface area contributed by atoms with Gasteiger partial charge in [-0.15, -0.1) is 0 Å². The largest absolute Gasteiger partial charge is 0.480 e. The van der Waals surface area contributed by atoms with E-state index in [2.05, 4.69) is 5.32 Å². The number of carboxylic acids is 1. The average Bonchev–Trinajstić information content (AvgIpc) is 2.75. The number of hydrogen-bond acceptors (Lipinski definition) is 3. The predicted octanol–water partition coefficient (Wildman–Crippen LogP) is 1.95. The number of carboxylic acid groups (broad SMARTS) is 2. The van der Waals surface area contributed by atoms with Crippen molar-refractivity contribution in [3.63, 3.8) is 0 Å². The van der Waals surface area contributed by atoms with Crippen molar-refractivity contribution < 1.29 is 24.6 Å². The maximum atomic E-state index is 11.3. The molecule has 0 fully saturated rings. The normalized spacial score (nSPS) is 12.1. The molecule has 0 saturated carbocycles. The number of fused-ring (bicyclic) bond motifs is 1. The fourth-order valence-corrected chi connectivity index (χ4v) is 2.43. The minimum absolute atomic E-state index is 0.0496. The molecule has 0 aliphatic carbocycles. The first-order chi connectivity index (χ1) is 10.3. The summed E-state index contributed by atoms with van der Waals surface area (Å²) in [7, 11) is 0. The molecule has 1 unspecified atom stereocenters. The third-order valence-electron chi connectivity index (χ3n) is 3.15. The Morgan fingerprint density at radius 2 is 2.00 bits per heavy atom. The van der Waals surface area contributed by atoms with Gasteiger partial charge in [-0.3, -0.25) is 9.36 Å². The number of carbonyl (C=O) groups excluding carboxylic acids is 1. The van der Waals surface area contributed by atoms with Gasteiger partial charge in [0.15, 0.2) is 0 Å². The average molecular weight is 325 g/mol. The summed E-state index contributed by atoms with van der Waals surface area (Å²) in [4.78, 5) is 33.6.